The number of nitrogen functional groups attached to an aromatic ring is 1. The SMILES string of the molecule is Cc1cccc(S(=O)(=O)NCc2cccc(C(=N)N)c2)c1. The number of hydrogen-bond donors (Lipinski definition) is 3. The van der Waals surface area contributed by atoms with Crippen molar-refractivity contribution >= 4 is 15.9 Å². The van der Waals surface area contributed by atoms with Gasteiger partial charge in [-0.05, 0) is 36.2 Å². The van der Waals surface area contributed by atoms with Crippen molar-refractivity contribution in [2.24, 2.45) is 5.73 Å². The van der Waals surface area contributed by atoms with Crippen LogP contribution in [0.1, 0.15) is 16.7 Å². The summed E-state index contributed by atoms with van der Waals surface area (Å²) in [6, 6.07) is 13.7. The molecule has 0 atom stereocenters. The molecule has 0 aromatic heterocycles. The molecule has 0 spiro atoms. The Bertz CT molecular complexity index is 770. The Kier molecular flexibility index (Phi) is 4.40. The number of aryl methyl sites for hydroxylation is 1. The molecular weight excluding hydrogens is 286 g/mol. The number of hydrogen-bond acceptors (Lipinski definition) is 3. The van der Waals surface area contributed by atoms with Gasteiger partial charge in [0.1, 0.15) is 5.84 Å². The lowest BCUT2D eigenvalue weighted by molar-refractivity contribution is 0.581. The summed E-state index contributed by atoms with van der Waals surface area (Å²) in [4.78, 5) is 0.241. The van der Waals surface area contributed by atoms with E-state index in [1.54, 1.807) is 42.5 Å². The molecule has 110 valence electrons. The van der Waals surface area contributed by atoms with Gasteiger partial charge in [-0.15, -0.1) is 0 Å². The summed E-state index contributed by atoms with van der Waals surface area (Å²) in [5, 5.41) is 7.38. The molecule has 5 nitrogen and oxygen atoms in total. The first-order chi connectivity index (χ1) is 9.88. The fourth-order valence-corrected chi connectivity index (χ4v) is 3.02. The van der Waals surface area contributed by atoms with E-state index in [2.05, 4.69) is 4.72 Å². The monoisotopic (exact) mass is 303 g/mol. The second-order valence-corrected chi connectivity index (χ2v) is 6.52. The van der Waals surface area contributed by atoms with Crippen LogP contribution in [-0.2, 0) is 16.6 Å². The van der Waals surface area contributed by atoms with E-state index < -0.39 is 10.0 Å². The van der Waals surface area contributed by atoms with Crippen molar-refractivity contribution in [3.8, 4) is 0 Å². The number of nitrogens with two attached hydrogens (primary N) is 1. The third kappa shape index (κ3) is 3.90. The van der Waals surface area contributed by atoms with Gasteiger partial charge in [0.2, 0.25) is 10.0 Å². The number of benzene rings is 2. The van der Waals surface area contributed by atoms with Gasteiger partial charge in [-0.2, -0.15) is 0 Å². The number of amidine groups is 1. The van der Waals surface area contributed by atoms with E-state index in [-0.39, 0.29) is 17.3 Å². The van der Waals surface area contributed by atoms with Crippen LogP contribution in [0.15, 0.2) is 53.4 Å². The summed E-state index contributed by atoms with van der Waals surface area (Å²) in [5.74, 6) is -0.0432. The molecule has 0 radical (unpaired) electrons. The Morgan fingerprint density at radius 2 is 1.90 bits per heavy atom. The topological polar surface area (TPSA) is 96.0 Å². The summed E-state index contributed by atoms with van der Waals surface area (Å²) < 4.78 is 26.9. The van der Waals surface area contributed by atoms with Crippen LogP contribution >= 0.6 is 0 Å². The Balaban J connectivity index is 2.15. The van der Waals surface area contributed by atoms with E-state index in [1.165, 1.54) is 0 Å². The van der Waals surface area contributed by atoms with Gasteiger partial charge < -0.3 is 5.73 Å². The van der Waals surface area contributed by atoms with E-state index in [0.29, 0.717) is 5.56 Å². The molecule has 0 aliphatic heterocycles. The largest absolute Gasteiger partial charge is 0.384 e. The normalized spacial score (nSPS) is 11.3. The van der Waals surface area contributed by atoms with E-state index >= 15 is 0 Å². The zero-order valence-electron chi connectivity index (χ0n) is 11.6. The molecule has 0 aliphatic carbocycles. The average molecular weight is 303 g/mol. The van der Waals surface area contributed by atoms with Gasteiger partial charge in [-0.3, -0.25) is 5.41 Å². The van der Waals surface area contributed by atoms with Gasteiger partial charge in [-0.25, -0.2) is 13.1 Å². The molecule has 0 saturated heterocycles. The number of sulfonamides is 1. The summed E-state index contributed by atoms with van der Waals surface area (Å²) in [7, 11) is -3.55. The van der Waals surface area contributed by atoms with Gasteiger partial charge in [0.15, 0.2) is 0 Å². The van der Waals surface area contributed by atoms with Crippen LogP contribution in [-0.4, -0.2) is 14.3 Å². The summed E-state index contributed by atoms with van der Waals surface area (Å²) in [6.07, 6.45) is 0. The first-order valence-electron chi connectivity index (χ1n) is 6.38. The smallest absolute Gasteiger partial charge is 0.240 e. The maximum absolute atomic E-state index is 12.2. The van der Waals surface area contributed by atoms with Gasteiger partial charge in [0, 0.05) is 12.1 Å². The third-order valence-corrected chi connectivity index (χ3v) is 4.40. The first-order valence-corrected chi connectivity index (χ1v) is 7.86. The summed E-state index contributed by atoms with van der Waals surface area (Å²) >= 11 is 0. The van der Waals surface area contributed by atoms with Gasteiger partial charge >= 0.3 is 0 Å². The molecule has 0 saturated carbocycles. The third-order valence-electron chi connectivity index (χ3n) is 3.00. The van der Waals surface area contributed by atoms with Crippen molar-refractivity contribution in [3.63, 3.8) is 0 Å². The maximum atomic E-state index is 12.2. The minimum atomic E-state index is -3.55. The Labute approximate surface area is 124 Å². The van der Waals surface area contributed by atoms with Gasteiger partial charge in [0.05, 0.1) is 4.90 Å². The lowest BCUT2D eigenvalue weighted by Gasteiger charge is -2.08. The van der Waals surface area contributed by atoms with Crippen LogP contribution in [0.4, 0.5) is 0 Å². The number of nitrogens with one attached hydrogen (secondary N) is 2. The zero-order chi connectivity index (χ0) is 15.5. The van der Waals surface area contributed by atoms with E-state index in [0.717, 1.165) is 11.1 Å². The van der Waals surface area contributed by atoms with E-state index in [4.69, 9.17) is 11.1 Å². The van der Waals surface area contributed by atoms with Crippen LogP contribution in [0.25, 0.3) is 0 Å². The lowest BCUT2D eigenvalue weighted by Crippen LogP contribution is -2.23. The van der Waals surface area contributed by atoms with Crippen molar-refractivity contribution in [1.82, 2.24) is 4.72 Å². The molecule has 21 heavy (non-hydrogen) atoms. The Morgan fingerprint density at radius 1 is 1.19 bits per heavy atom. The maximum Gasteiger partial charge on any atom is 0.240 e. The molecule has 0 heterocycles. The van der Waals surface area contributed by atoms with Crippen molar-refractivity contribution in [2.75, 3.05) is 0 Å². The van der Waals surface area contributed by atoms with Crippen molar-refractivity contribution in [1.29, 1.82) is 5.41 Å². The molecule has 0 aliphatic rings. The molecule has 2 aromatic rings. The molecule has 6 heteroatoms. The molecule has 0 unspecified atom stereocenters. The molecule has 2 rings (SSSR count). The van der Waals surface area contributed by atoms with Crippen LogP contribution in [0.2, 0.25) is 0 Å². The Hall–Kier alpha value is -2.18. The summed E-state index contributed by atoms with van der Waals surface area (Å²) in [6.45, 7) is 1.99. The molecule has 0 bridgehead atoms. The lowest BCUT2D eigenvalue weighted by atomic mass is 10.1. The fourth-order valence-electron chi connectivity index (χ4n) is 1.89. The zero-order valence-corrected chi connectivity index (χ0v) is 12.4. The van der Waals surface area contributed by atoms with Gasteiger partial charge in [0.25, 0.3) is 0 Å². The standard InChI is InChI=1S/C15H17N3O2S/c1-11-4-2-7-14(8-11)21(19,20)18-10-12-5-3-6-13(9-12)15(16)17/h2-9,18H,10H2,1H3,(H3,16,17). The predicted octanol–water partition coefficient (Wildman–Crippen LogP) is 1.76. The molecular formula is C15H17N3O2S. The highest BCUT2D eigenvalue weighted by Gasteiger charge is 2.13. The van der Waals surface area contributed by atoms with Crippen molar-refractivity contribution in [3.05, 3.63) is 65.2 Å². The molecule has 0 fully saturated rings. The minimum absolute atomic E-state index is 0.0432. The second kappa shape index (κ2) is 6.07. The minimum Gasteiger partial charge on any atom is -0.384 e. The van der Waals surface area contributed by atoms with E-state index in [1.807, 2.05) is 13.0 Å². The van der Waals surface area contributed by atoms with Crippen LogP contribution < -0.4 is 10.5 Å². The fraction of sp³-hybridized carbons (Fsp3) is 0.133. The molecule has 0 amide bonds. The number of rotatable bonds is 5. The molecule has 4 N–H and O–H groups in total. The van der Waals surface area contributed by atoms with Crippen LogP contribution in [0.5, 0.6) is 0 Å². The highest BCUT2D eigenvalue weighted by molar-refractivity contribution is 7.89. The second-order valence-electron chi connectivity index (χ2n) is 4.76. The van der Waals surface area contributed by atoms with Gasteiger partial charge in [-0.1, -0.05) is 30.3 Å². The Morgan fingerprint density at radius 3 is 2.57 bits per heavy atom. The van der Waals surface area contributed by atoms with Crippen LogP contribution in [0, 0.1) is 12.3 Å². The highest BCUT2D eigenvalue weighted by Crippen LogP contribution is 2.12. The van der Waals surface area contributed by atoms with Crippen molar-refractivity contribution < 1.29 is 8.42 Å². The van der Waals surface area contributed by atoms with Crippen LogP contribution in [0.3, 0.4) is 0 Å². The quantitative estimate of drug-likeness (QED) is 0.580. The van der Waals surface area contributed by atoms with Crippen molar-refractivity contribution in [2.45, 2.75) is 18.4 Å². The average Bonchev–Trinajstić information content (AvgIpc) is 2.45. The first kappa shape index (κ1) is 15.2. The highest BCUT2D eigenvalue weighted by atomic mass is 32.2. The van der Waals surface area contributed by atoms with E-state index in [9.17, 15) is 8.42 Å². The molecule has 2 aromatic carbocycles. The predicted molar refractivity (Wildman–Crippen MR) is 82.7 cm³/mol. The summed E-state index contributed by atoms with van der Waals surface area (Å²) in [5.41, 5.74) is 7.62.